The Balaban J connectivity index is 2.21. The molecule has 1 aromatic heterocycles. The van der Waals surface area contributed by atoms with E-state index in [4.69, 9.17) is 11.6 Å². The van der Waals surface area contributed by atoms with Crippen molar-refractivity contribution in [1.29, 1.82) is 0 Å². The van der Waals surface area contributed by atoms with E-state index in [2.05, 4.69) is 18.9 Å². The molecule has 0 bridgehead atoms. The number of aryl methyl sites for hydroxylation is 1. The van der Waals surface area contributed by atoms with Gasteiger partial charge in [0.25, 0.3) is 5.91 Å². The maximum atomic E-state index is 12.4. The van der Waals surface area contributed by atoms with Crippen LogP contribution in [0, 0.1) is 19.8 Å². The lowest BCUT2D eigenvalue weighted by molar-refractivity contribution is 0.0895. The van der Waals surface area contributed by atoms with Crippen LogP contribution in [0.1, 0.15) is 41.2 Å². The molecule has 0 aliphatic rings. The average Bonchev–Trinajstić information content (AvgIpc) is 2.69. The van der Waals surface area contributed by atoms with Gasteiger partial charge in [0, 0.05) is 10.7 Å². The molecule has 4 heteroatoms. The fourth-order valence-electron chi connectivity index (χ4n) is 2.47. The molecule has 0 saturated carbocycles. The third-order valence-electron chi connectivity index (χ3n) is 3.56. The van der Waals surface area contributed by atoms with Crippen molar-refractivity contribution in [3.63, 3.8) is 0 Å². The van der Waals surface area contributed by atoms with Gasteiger partial charge in [-0.2, -0.15) is 5.10 Å². The molecule has 0 amide bonds. The number of carbonyl (C=O) groups is 1. The van der Waals surface area contributed by atoms with Crippen molar-refractivity contribution >= 4 is 17.5 Å². The zero-order chi connectivity index (χ0) is 15.6. The molecule has 3 nitrogen and oxygen atoms in total. The van der Waals surface area contributed by atoms with Gasteiger partial charge in [-0.1, -0.05) is 37.6 Å². The molecular weight excluding hydrogens is 284 g/mol. The van der Waals surface area contributed by atoms with Gasteiger partial charge in [-0.3, -0.25) is 4.79 Å². The highest BCUT2D eigenvalue weighted by Gasteiger charge is 2.17. The molecule has 0 atom stereocenters. The monoisotopic (exact) mass is 304 g/mol. The second kappa shape index (κ2) is 6.44. The Morgan fingerprint density at radius 2 is 1.86 bits per heavy atom. The van der Waals surface area contributed by atoms with Gasteiger partial charge in [-0.15, -0.1) is 0 Å². The van der Waals surface area contributed by atoms with Crippen LogP contribution in [0.4, 0.5) is 0 Å². The zero-order valence-electron chi connectivity index (χ0n) is 13.0. The predicted molar refractivity (Wildman–Crippen MR) is 86.0 cm³/mol. The molecule has 0 aliphatic carbocycles. The average molecular weight is 305 g/mol. The first-order valence-corrected chi connectivity index (χ1v) is 7.59. The van der Waals surface area contributed by atoms with E-state index in [1.807, 2.05) is 26.0 Å². The molecule has 0 spiro atoms. The Labute approximate surface area is 130 Å². The molecular formula is C17H21ClN2O. The first kappa shape index (κ1) is 15.8. The number of nitrogens with zero attached hydrogens (tertiary/aromatic N) is 2. The molecule has 2 aromatic rings. The lowest BCUT2D eigenvalue weighted by Gasteiger charge is -2.06. The van der Waals surface area contributed by atoms with E-state index in [-0.39, 0.29) is 5.91 Å². The number of aromatic nitrogens is 2. The number of hydrogen-bond donors (Lipinski definition) is 0. The number of halogens is 1. The Kier molecular flexibility index (Phi) is 4.84. The maximum absolute atomic E-state index is 12.4. The van der Waals surface area contributed by atoms with E-state index in [0.29, 0.717) is 17.4 Å². The van der Waals surface area contributed by atoms with E-state index in [1.54, 1.807) is 16.8 Å². The Morgan fingerprint density at radius 3 is 2.43 bits per heavy atom. The van der Waals surface area contributed by atoms with Crippen LogP contribution in [0.25, 0.3) is 0 Å². The van der Waals surface area contributed by atoms with Gasteiger partial charge in [0.15, 0.2) is 0 Å². The Hall–Kier alpha value is -1.61. The lowest BCUT2D eigenvalue weighted by atomic mass is 10.0. The summed E-state index contributed by atoms with van der Waals surface area (Å²) >= 11 is 5.86. The van der Waals surface area contributed by atoms with Crippen molar-refractivity contribution in [2.24, 2.45) is 5.92 Å². The van der Waals surface area contributed by atoms with E-state index >= 15 is 0 Å². The number of benzene rings is 1. The maximum Gasteiger partial charge on any atom is 0.251 e. The van der Waals surface area contributed by atoms with Gasteiger partial charge in [0.05, 0.1) is 12.1 Å². The highest BCUT2D eigenvalue weighted by Crippen LogP contribution is 2.18. The van der Waals surface area contributed by atoms with E-state index < -0.39 is 0 Å². The summed E-state index contributed by atoms with van der Waals surface area (Å²) in [6, 6.07) is 7.35. The van der Waals surface area contributed by atoms with Crippen molar-refractivity contribution in [3.05, 3.63) is 51.8 Å². The minimum absolute atomic E-state index is 0.00655. The summed E-state index contributed by atoms with van der Waals surface area (Å²) in [7, 11) is 0. The topological polar surface area (TPSA) is 34.9 Å². The van der Waals surface area contributed by atoms with Crippen LogP contribution < -0.4 is 0 Å². The third-order valence-corrected chi connectivity index (χ3v) is 3.81. The van der Waals surface area contributed by atoms with Gasteiger partial charge in [-0.25, -0.2) is 4.68 Å². The van der Waals surface area contributed by atoms with Crippen LogP contribution in [0.2, 0.25) is 5.02 Å². The molecule has 1 aromatic carbocycles. The molecule has 0 saturated heterocycles. The Morgan fingerprint density at radius 1 is 1.24 bits per heavy atom. The van der Waals surface area contributed by atoms with Crippen molar-refractivity contribution in [2.45, 2.75) is 40.5 Å². The summed E-state index contributed by atoms with van der Waals surface area (Å²) in [6.07, 6.45) is 1.28. The second-order valence-corrected chi connectivity index (χ2v) is 6.29. The number of hydrogen-bond acceptors (Lipinski definition) is 2. The summed E-state index contributed by atoms with van der Waals surface area (Å²) in [6.45, 7) is 8.28. The highest BCUT2D eigenvalue weighted by molar-refractivity contribution is 6.30. The molecule has 2 rings (SSSR count). The first-order valence-electron chi connectivity index (χ1n) is 7.21. The smallest absolute Gasteiger partial charge is 0.251 e. The van der Waals surface area contributed by atoms with Crippen molar-refractivity contribution < 1.29 is 4.79 Å². The van der Waals surface area contributed by atoms with Gasteiger partial charge < -0.3 is 0 Å². The number of rotatable bonds is 4. The quantitative estimate of drug-likeness (QED) is 0.847. The van der Waals surface area contributed by atoms with Crippen molar-refractivity contribution in [1.82, 2.24) is 9.78 Å². The summed E-state index contributed by atoms with van der Waals surface area (Å²) in [5.74, 6) is 0.541. The van der Waals surface area contributed by atoms with Crippen LogP contribution in [0.5, 0.6) is 0 Å². The molecule has 0 unspecified atom stereocenters. The van der Waals surface area contributed by atoms with Gasteiger partial charge in [-0.05, 0) is 49.4 Å². The normalized spacial score (nSPS) is 11.1. The minimum Gasteiger partial charge on any atom is -0.272 e. The van der Waals surface area contributed by atoms with Crippen LogP contribution in [-0.2, 0) is 12.8 Å². The second-order valence-electron chi connectivity index (χ2n) is 5.86. The van der Waals surface area contributed by atoms with Gasteiger partial charge >= 0.3 is 0 Å². The molecule has 0 radical (unpaired) electrons. The molecule has 1 heterocycles. The largest absolute Gasteiger partial charge is 0.272 e. The standard InChI is InChI=1S/C17H21ClN2O/c1-11(2)9-16-12(3)19-20(13(16)4)17(21)10-14-5-7-15(18)8-6-14/h5-8,11H,9-10H2,1-4H3. The van der Waals surface area contributed by atoms with Gasteiger partial charge in [0.1, 0.15) is 0 Å². The molecule has 0 aliphatic heterocycles. The van der Waals surface area contributed by atoms with Crippen molar-refractivity contribution in [2.75, 3.05) is 0 Å². The zero-order valence-corrected chi connectivity index (χ0v) is 13.7. The van der Waals surface area contributed by atoms with Crippen LogP contribution in [0.15, 0.2) is 24.3 Å². The molecule has 0 N–H and O–H groups in total. The summed E-state index contributed by atoms with van der Waals surface area (Å²) in [5.41, 5.74) is 4.04. The van der Waals surface area contributed by atoms with Gasteiger partial charge in [0.2, 0.25) is 0 Å². The fraction of sp³-hybridized carbons (Fsp3) is 0.412. The number of carbonyl (C=O) groups excluding carboxylic acids is 1. The first-order chi connectivity index (χ1) is 9.88. The van der Waals surface area contributed by atoms with Crippen LogP contribution in [0.3, 0.4) is 0 Å². The fourth-order valence-corrected chi connectivity index (χ4v) is 2.60. The molecule has 112 valence electrons. The summed E-state index contributed by atoms with van der Waals surface area (Å²) < 4.78 is 1.54. The van der Waals surface area contributed by atoms with E-state index in [1.165, 1.54) is 5.56 Å². The third kappa shape index (κ3) is 3.73. The molecule has 21 heavy (non-hydrogen) atoms. The highest BCUT2D eigenvalue weighted by atomic mass is 35.5. The Bertz CT molecular complexity index is 642. The van der Waals surface area contributed by atoms with E-state index in [9.17, 15) is 4.79 Å². The predicted octanol–water partition coefficient (Wildman–Crippen LogP) is 4.23. The molecule has 0 fully saturated rings. The summed E-state index contributed by atoms with van der Waals surface area (Å²) in [5, 5.41) is 5.10. The van der Waals surface area contributed by atoms with Crippen LogP contribution >= 0.6 is 11.6 Å². The van der Waals surface area contributed by atoms with Crippen LogP contribution in [-0.4, -0.2) is 15.7 Å². The van der Waals surface area contributed by atoms with Crippen molar-refractivity contribution in [3.8, 4) is 0 Å². The lowest BCUT2D eigenvalue weighted by Crippen LogP contribution is -2.17. The summed E-state index contributed by atoms with van der Waals surface area (Å²) in [4.78, 5) is 12.4. The minimum atomic E-state index is -0.00655. The van der Waals surface area contributed by atoms with E-state index in [0.717, 1.165) is 23.4 Å². The SMILES string of the molecule is Cc1nn(C(=O)Cc2ccc(Cl)cc2)c(C)c1CC(C)C.